The zero-order valence-electron chi connectivity index (χ0n) is 9.83. The number of nitrogens with zero attached hydrogens (tertiary/aromatic N) is 1. The van der Waals surface area contributed by atoms with Gasteiger partial charge in [-0.05, 0) is 18.8 Å². The van der Waals surface area contributed by atoms with Gasteiger partial charge in [-0.3, -0.25) is 4.79 Å². The van der Waals surface area contributed by atoms with Gasteiger partial charge in [0.05, 0.1) is 0 Å². The number of rotatable bonds is 3. The van der Waals surface area contributed by atoms with Crippen LogP contribution in [0.2, 0.25) is 0 Å². The molecule has 2 aliphatic rings. The molecule has 0 saturated carbocycles. The lowest BCUT2D eigenvalue weighted by molar-refractivity contribution is -0.136. The van der Waals surface area contributed by atoms with Gasteiger partial charge in [0, 0.05) is 31.6 Å². The molecule has 0 bridgehead atoms. The van der Waals surface area contributed by atoms with Crippen molar-refractivity contribution in [3.63, 3.8) is 0 Å². The van der Waals surface area contributed by atoms with Crippen molar-refractivity contribution < 1.29 is 4.79 Å². The van der Waals surface area contributed by atoms with E-state index < -0.39 is 0 Å². The maximum absolute atomic E-state index is 12.2. The van der Waals surface area contributed by atoms with E-state index in [2.05, 4.69) is 24.1 Å². The molecular formula is C12H22N2O. The summed E-state index contributed by atoms with van der Waals surface area (Å²) in [5, 5.41) is 3.39. The fourth-order valence-corrected chi connectivity index (χ4v) is 2.96. The minimum Gasteiger partial charge on any atom is -0.338 e. The van der Waals surface area contributed by atoms with Gasteiger partial charge in [0.15, 0.2) is 0 Å². The van der Waals surface area contributed by atoms with E-state index in [-0.39, 0.29) is 5.92 Å². The van der Waals surface area contributed by atoms with Crippen LogP contribution in [0.1, 0.15) is 33.1 Å². The van der Waals surface area contributed by atoms with Gasteiger partial charge in [-0.2, -0.15) is 0 Å². The molecule has 15 heavy (non-hydrogen) atoms. The van der Waals surface area contributed by atoms with Crippen molar-refractivity contribution in [3.8, 4) is 0 Å². The molecule has 2 fully saturated rings. The summed E-state index contributed by atoms with van der Waals surface area (Å²) in [6.45, 7) is 7.32. The van der Waals surface area contributed by atoms with Crippen molar-refractivity contribution in [2.45, 2.75) is 39.2 Å². The first-order chi connectivity index (χ1) is 7.24. The molecule has 3 nitrogen and oxygen atoms in total. The monoisotopic (exact) mass is 210 g/mol. The third-order valence-electron chi connectivity index (χ3n) is 3.87. The Morgan fingerprint density at radius 2 is 2.33 bits per heavy atom. The summed E-state index contributed by atoms with van der Waals surface area (Å²) in [5.41, 5.74) is 0. The van der Waals surface area contributed by atoms with E-state index in [9.17, 15) is 4.79 Å². The maximum atomic E-state index is 12.2. The molecule has 2 saturated heterocycles. The Hall–Kier alpha value is -0.570. The van der Waals surface area contributed by atoms with Crippen LogP contribution >= 0.6 is 0 Å². The number of hydrogen-bond acceptors (Lipinski definition) is 2. The summed E-state index contributed by atoms with van der Waals surface area (Å²) in [7, 11) is 0. The molecule has 86 valence electrons. The first-order valence-electron chi connectivity index (χ1n) is 6.25. The van der Waals surface area contributed by atoms with Crippen LogP contribution in [0.15, 0.2) is 0 Å². The molecule has 0 aliphatic carbocycles. The molecule has 0 aromatic carbocycles. The van der Waals surface area contributed by atoms with E-state index in [0.29, 0.717) is 11.9 Å². The number of carbonyl (C=O) groups excluding carboxylic acids is 1. The van der Waals surface area contributed by atoms with Crippen LogP contribution in [0.3, 0.4) is 0 Å². The molecule has 0 aromatic rings. The summed E-state index contributed by atoms with van der Waals surface area (Å²) in [6.07, 6.45) is 3.33. The number of nitrogens with one attached hydrogen (secondary N) is 1. The van der Waals surface area contributed by atoms with E-state index in [1.54, 1.807) is 0 Å². The van der Waals surface area contributed by atoms with E-state index in [1.165, 1.54) is 6.42 Å². The number of amides is 1. The van der Waals surface area contributed by atoms with E-state index in [0.717, 1.165) is 38.4 Å². The summed E-state index contributed by atoms with van der Waals surface area (Å²) in [5.74, 6) is 1.32. The lowest BCUT2D eigenvalue weighted by Crippen LogP contribution is -2.41. The van der Waals surface area contributed by atoms with Crippen molar-refractivity contribution in [3.05, 3.63) is 0 Å². The van der Waals surface area contributed by atoms with Crippen LogP contribution in [0.25, 0.3) is 0 Å². The number of likely N-dealkylation sites (tertiary alicyclic amines) is 1. The third-order valence-corrected chi connectivity index (χ3v) is 3.87. The van der Waals surface area contributed by atoms with Gasteiger partial charge in [-0.15, -0.1) is 0 Å². The average Bonchev–Trinajstić information content (AvgIpc) is 2.77. The van der Waals surface area contributed by atoms with Crippen LogP contribution in [0, 0.1) is 11.8 Å². The van der Waals surface area contributed by atoms with Gasteiger partial charge in [0.25, 0.3) is 0 Å². The molecule has 1 unspecified atom stereocenters. The van der Waals surface area contributed by atoms with E-state index >= 15 is 0 Å². The molecule has 2 rings (SSSR count). The smallest absolute Gasteiger partial charge is 0.225 e. The Balaban J connectivity index is 1.95. The van der Waals surface area contributed by atoms with E-state index in [4.69, 9.17) is 0 Å². The molecule has 0 spiro atoms. The predicted molar refractivity (Wildman–Crippen MR) is 60.5 cm³/mol. The van der Waals surface area contributed by atoms with Crippen LogP contribution in [-0.4, -0.2) is 36.5 Å². The fourth-order valence-electron chi connectivity index (χ4n) is 2.96. The second kappa shape index (κ2) is 4.52. The van der Waals surface area contributed by atoms with Gasteiger partial charge >= 0.3 is 0 Å². The zero-order valence-corrected chi connectivity index (χ0v) is 9.83. The Bertz CT molecular complexity index is 242. The predicted octanol–water partition coefficient (Wildman–Crippen LogP) is 1.24. The summed E-state index contributed by atoms with van der Waals surface area (Å²) >= 11 is 0. The second-order valence-electron chi connectivity index (χ2n) is 5.00. The van der Waals surface area contributed by atoms with Crippen molar-refractivity contribution in [1.82, 2.24) is 10.2 Å². The minimum absolute atomic E-state index is 0.217. The molecule has 3 atom stereocenters. The first kappa shape index (κ1) is 10.9. The van der Waals surface area contributed by atoms with Gasteiger partial charge in [0.1, 0.15) is 0 Å². The highest BCUT2D eigenvalue weighted by Gasteiger charge is 2.40. The van der Waals surface area contributed by atoms with Crippen LogP contribution in [0.4, 0.5) is 0 Å². The average molecular weight is 210 g/mol. The van der Waals surface area contributed by atoms with Crippen LogP contribution in [0.5, 0.6) is 0 Å². The molecule has 1 N–H and O–H groups in total. The first-order valence-corrected chi connectivity index (χ1v) is 6.25. The minimum atomic E-state index is 0.217. The van der Waals surface area contributed by atoms with Gasteiger partial charge in [-0.25, -0.2) is 0 Å². The summed E-state index contributed by atoms with van der Waals surface area (Å²) in [4.78, 5) is 14.3. The standard InChI is InChI=1S/C12H22N2O/c1-3-4-9(2)12(15)14-6-5-10-7-13-8-11(10)14/h9-11,13H,3-8H2,1-2H3/t9?,10-,11+/m0/s1. The maximum Gasteiger partial charge on any atom is 0.225 e. The van der Waals surface area contributed by atoms with Crippen LogP contribution < -0.4 is 5.32 Å². The molecule has 3 heteroatoms. The van der Waals surface area contributed by atoms with Gasteiger partial charge < -0.3 is 10.2 Å². The van der Waals surface area contributed by atoms with Crippen molar-refractivity contribution in [1.29, 1.82) is 0 Å². The lowest BCUT2D eigenvalue weighted by Gasteiger charge is -2.26. The molecule has 0 aromatic heterocycles. The summed E-state index contributed by atoms with van der Waals surface area (Å²) < 4.78 is 0. The fraction of sp³-hybridized carbons (Fsp3) is 0.917. The number of carbonyl (C=O) groups is 1. The van der Waals surface area contributed by atoms with E-state index in [1.807, 2.05) is 0 Å². The van der Waals surface area contributed by atoms with Crippen LogP contribution in [-0.2, 0) is 4.79 Å². The SMILES string of the molecule is CCCC(C)C(=O)N1CC[C@H]2CNC[C@H]21. The zero-order chi connectivity index (χ0) is 10.8. The Labute approximate surface area is 92.2 Å². The molecule has 0 radical (unpaired) electrons. The number of hydrogen-bond donors (Lipinski definition) is 1. The molecular weight excluding hydrogens is 188 g/mol. The number of fused-ring (bicyclic) bond motifs is 1. The summed E-state index contributed by atoms with van der Waals surface area (Å²) in [6, 6.07) is 0.497. The Morgan fingerprint density at radius 3 is 3.07 bits per heavy atom. The molecule has 1 amide bonds. The lowest BCUT2D eigenvalue weighted by atomic mass is 10.0. The normalized spacial score (nSPS) is 31.7. The molecule has 2 heterocycles. The van der Waals surface area contributed by atoms with Crippen molar-refractivity contribution in [2.24, 2.45) is 11.8 Å². The van der Waals surface area contributed by atoms with Crippen molar-refractivity contribution in [2.75, 3.05) is 19.6 Å². The Morgan fingerprint density at radius 1 is 1.53 bits per heavy atom. The highest BCUT2D eigenvalue weighted by atomic mass is 16.2. The molecule has 2 aliphatic heterocycles. The highest BCUT2D eigenvalue weighted by Crippen LogP contribution is 2.28. The second-order valence-corrected chi connectivity index (χ2v) is 5.00. The van der Waals surface area contributed by atoms with Gasteiger partial charge in [-0.1, -0.05) is 20.3 Å². The Kier molecular flexibility index (Phi) is 3.29. The largest absolute Gasteiger partial charge is 0.338 e. The topological polar surface area (TPSA) is 32.3 Å². The quantitative estimate of drug-likeness (QED) is 0.760. The highest BCUT2D eigenvalue weighted by molar-refractivity contribution is 5.79. The third kappa shape index (κ3) is 2.03. The van der Waals surface area contributed by atoms with Crippen molar-refractivity contribution >= 4 is 5.91 Å². The van der Waals surface area contributed by atoms with Gasteiger partial charge in [0.2, 0.25) is 5.91 Å².